The van der Waals surface area contributed by atoms with E-state index in [9.17, 15) is 15.0 Å². The van der Waals surface area contributed by atoms with E-state index in [-0.39, 0.29) is 23.7 Å². The molecule has 2 heterocycles. The fourth-order valence-corrected chi connectivity index (χ4v) is 6.65. The molecule has 2 bridgehead atoms. The summed E-state index contributed by atoms with van der Waals surface area (Å²) in [5, 5.41) is 22.9. The number of phenolic OH excluding ortho intramolecular Hbond substituents is 1. The summed E-state index contributed by atoms with van der Waals surface area (Å²) < 4.78 is 10.8. The second kappa shape index (κ2) is 7.92. The van der Waals surface area contributed by atoms with Gasteiger partial charge in [-0.05, 0) is 69.5 Å². The standard InChI is InChI=1S/C26H32N2O5/c1-27-12-11-25-15-19(28(2)22(30)7-4-17-9-13-33-16-17)8-10-26(25,31)21(27)14-18-5-6-20(29)24(32-3)23(18)25/h4-7,9,13,16,19,21,29,31H,8,10-12,14-15H2,1-3H3/b7-4+/t19?,21-,25-,26-/m1/s1. The lowest BCUT2D eigenvalue weighted by Crippen LogP contribution is -2.73. The van der Waals surface area contributed by atoms with Crippen LogP contribution in [0.3, 0.4) is 0 Å². The van der Waals surface area contributed by atoms with Gasteiger partial charge < -0.3 is 29.2 Å². The summed E-state index contributed by atoms with van der Waals surface area (Å²) in [7, 11) is 5.49. The number of hydrogen-bond acceptors (Lipinski definition) is 6. The average molecular weight is 453 g/mol. The van der Waals surface area contributed by atoms with Crippen molar-refractivity contribution in [2.75, 3.05) is 27.7 Å². The molecule has 7 nitrogen and oxygen atoms in total. The van der Waals surface area contributed by atoms with Crippen LogP contribution in [0, 0.1) is 0 Å². The molecule has 2 N–H and O–H groups in total. The van der Waals surface area contributed by atoms with Crippen molar-refractivity contribution in [3.8, 4) is 11.5 Å². The molecule has 1 aliphatic heterocycles. The molecule has 1 saturated heterocycles. The smallest absolute Gasteiger partial charge is 0.246 e. The molecule has 1 unspecified atom stereocenters. The largest absolute Gasteiger partial charge is 0.504 e. The fraction of sp³-hybridized carbons (Fsp3) is 0.500. The van der Waals surface area contributed by atoms with E-state index in [1.807, 2.05) is 13.1 Å². The minimum absolute atomic E-state index is 0.00376. The number of methoxy groups -OCH3 is 1. The summed E-state index contributed by atoms with van der Waals surface area (Å²) in [6.07, 6.45) is 9.90. The van der Waals surface area contributed by atoms with Gasteiger partial charge in [0.15, 0.2) is 11.5 Å². The lowest BCUT2D eigenvalue weighted by molar-refractivity contribution is -0.173. The number of carbonyl (C=O) groups is 1. The Balaban J connectivity index is 1.53. The second-order valence-electron chi connectivity index (χ2n) is 9.84. The Morgan fingerprint density at radius 1 is 1.33 bits per heavy atom. The molecule has 1 saturated carbocycles. The Hall–Kier alpha value is -2.77. The zero-order valence-corrected chi connectivity index (χ0v) is 19.5. The molecule has 4 atom stereocenters. The van der Waals surface area contributed by atoms with Crippen LogP contribution in [0.2, 0.25) is 0 Å². The molecule has 2 aromatic rings. The van der Waals surface area contributed by atoms with Crippen LogP contribution in [-0.4, -0.2) is 71.4 Å². The fourth-order valence-electron chi connectivity index (χ4n) is 6.65. The SMILES string of the molecule is COc1c(O)ccc2c1[C@]13CCN(C)[C@H](C2)[C@]1(O)CCC(N(C)C(=O)/C=C/c1ccoc1)C3. The highest BCUT2D eigenvalue weighted by atomic mass is 16.5. The molecule has 3 aliphatic rings. The van der Waals surface area contributed by atoms with Gasteiger partial charge in [-0.25, -0.2) is 0 Å². The van der Waals surface area contributed by atoms with Crippen LogP contribution in [0.5, 0.6) is 11.5 Å². The van der Waals surface area contributed by atoms with Crippen LogP contribution in [0.25, 0.3) is 6.08 Å². The number of piperidine rings is 1. The number of fused-ring (bicyclic) bond motifs is 1. The molecular weight excluding hydrogens is 420 g/mol. The molecule has 0 spiro atoms. The predicted molar refractivity (Wildman–Crippen MR) is 124 cm³/mol. The van der Waals surface area contributed by atoms with Gasteiger partial charge in [0.05, 0.1) is 25.2 Å². The van der Waals surface area contributed by atoms with Gasteiger partial charge in [-0.3, -0.25) is 4.79 Å². The zero-order chi connectivity index (χ0) is 23.4. The summed E-state index contributed by atoms with van der Waals surface area (Å²) in [5.74, 6) is 0.481. The van der Waals surface area contributed by atoms with E-state index in [1.54, 1.807) is 48.8 Å². The highest BCUT2D eigenvalue weighted by molar-refractivity contribution is 5.91. The molecule has 7 heteroatoms. The number of amides is 1. The predicted octanol–water partition coefficient (Wildman–Crippen LogP) is 2.95. The molecular formula is C26H32N2O5. The molecule has 1 aromatic heterocycles. The van der Waals surface area contributed by atoms with Crippen LogP contribution in [0.1, 0.15) is 42.4 Å². The number of nitrogens with zero attached hydrogens (tertiary/aromatic N) is 2. The molecule has 0 radical (unpaired) electrons. The molecule has 33 heavy (non-hydrogen) atoms. The summed E-state index contributed by atoms with van der Waals surface area (Å²) in [6, 6.07) is 5.42. The number of carbonyl (C=O) groups excluding carboxylic acids is 1. The van der Waals surface area contributed by atoms with Crippen LogP contribution < -0.4 is 4.74 Å². The van der Waals surface area contributed by atoms with Crippen molar-refractivity contribution in [1.82, 2.24) is 9.80 Å². The lowest BCUT2D eigenvalue weighted by atomic mass is 9.48. The van der Waals surface area contributed by atoms with E-state index in [2.05, 4.69) is 11.9 Å². The first-order valence-electron chi connectivity index (χ1n) is 11.6. The highest BCUT2D eigenvalue weighted by Crippen LogP contribution is 2.61. The molecule has 2 fully saturated rings. The maximum absolute atomic E-state index is 13.0. The summed E-state index contributed by atoms with van der Waals surface area (Å²) in [5.41, 5.74) is 1.35. The molecule has 5 rings (SSSR count). The summed E-state index contributed by atoms with van der Waals surface area (Å²) in [4.78, 5) is 17.1. The Bertz CT molecular complexity index is 1080. The quantitative estimate of drug-likeness (QED) is 0.694. The van der Waals surface area contributed by atoms with E-state index in [4.69, 9.17) is 9.15 Å². The van der Waals surface area contributed by atoms with Crippen molar-refractivity contribution in [3.63, 3.8) is 0 Å². The van der Waals surface area contributed by atoms with E-state index in [0.29, 0.717) is 25.0 Å². The number of ether oxygens (including phenoxy) is 1. The molecule has 2 aliphatic carbocycles. The van der Waals surface area contributed by atoms with E-state index < -0.39 is 11.0 Å². The van der Waals surface area contributed by atoms with Crippen LogP contribution in [0.4, 0.5) is 0 Å². The van der Waals surface area contributed by atoms with Gasteiger partial charge in [0.25, 0.3) is 0 Å². The Morgan fingerprint density at radius 3 is 2.88 bits per heavy atom. The van der Waals surface area contributed by atoms with Crippen molar-refractivity contribution in [2.45, 2.75) is 55.2 Å². The number of furan rings is 1. The van der Waals surface area contributed by atoms with E-state index in [1.165, 1.54) is 0 Å². The number of benzene rings is 1. The number of phenols is 1. The van der Waals surface area contributed by atoms with Crippen molar-refractivity contribution < 1.29 is 24.2 Å². The maximum atomic E-state index is 13.0. The number of hydrogen-bond donors (Lipinski definition) is 2. The van der Waals surface area contributed by atoms with Gasteiger partial charge in [-0.1, -0.05) is 6.07 Å². The highest BCUT2D eigenvalue weighted by Gasteiger charge is 2.65. The van der Waals surface area contributed by atoms with Gasteiger partial charge in [0, 0.05) is 41.7 Å². The second-order valence-corrected chi connectivity index (χ2v) is 9.84. The monoisotopic (exact) mass is 452 g/mol. The third-order valence-electron chi connectivity index (χ3n) is 8.42. The van der Waals surface area contributed by atoms with Crippen LogP contribution in [0.15, 0.2) is 41.2 Å². The van der Waals surface area contributed by atoms with E-state index in [0.717, 1.165) is 36.1 Å². The van der Waals surface area contributed by atoms with Gasteiger partial charge in [0.1, 0.15) is 0 Å². The number of likely N-dealkylation sites (N-methyl/N-ethyl adjacent to an activating group) is 2. The number of likely N-dealkylation sites (tertiary alicyclic amines) is 1. The first kappa shape index (κ1) is 22.0. The van der Waals surface area contributed by atoms with E-state index >= 15 is 0 Å². The number of aromatic hydroxyl groups is 1. The van der Waals surface area contributed by atoms with Crippen molar-refractivity contribution in [3.05, 3.63) is 53.5 Å². The first-order chi connectivity index (χ1) is 15.8. The van der Waals surface area contributed by atoms with Crippen LogP contribution >= 0.6 is 0 Å². The summed E-state index contributed by atoms with van der Waals surface area (Å²) in [6.45, 7) is 0.843. The minimum Gasteiger partial charge on any atom is -0.504 e. The number of aliphatic hydroxyl groups is 1. The van der Waals surface area contributed by atoms with Crippen molar-refractivity contribution in [1.29, 1.82) is 0 Å². The third-order valence-corrected chi connectivity index (χ3v) is 8.42. The number of rotatable bonds is 4. The zero-order valence-electron chi connectivity index (χ0n) is 19.5. The topological polar surface area (TPSA) is 86.4 Å². The van der Waals surface area contributed by atoms with Gasteiger partial charge in [-0.15, -0.1) is 0 Å². The lowest BCUT2D eigenvalue weighted by Gasteiger charge is -2.64. The Kier molecular flexibility index (Phi) is 5.29. The third kappa shape index (κ3) is 3.21. The van der Waals surface area contributed by atoms with Crippen molar-refractivity contribution in [2.24, 2.45) is 0 Å². The summed E-state index contributed by atoms with van der Waals surface area (Å²) >= 11 is 0. The normalized spacial score (nSPS) is 31.2. The molecule has 176 valence electrons. The van der Waals surface area contributed by atoms with Crippen molar-refractivity contribution >= 4 is 12.0 Å². The first-order valence-corrected chi connectivity index (χ1v) is 11.6. The Morgan fingerprint density at radius 2 is 2.15 bits per heavy atom. The minimum atomic E-state index is -0.943. The van der Waals surface area contributed by atoms with Gasteiger partial charge >= 0.3 is 0 Å². The van der Waals surface area contributed by atoms with Gasteiger partial charge in [-0.2, -0.15) is 0 Å². The van der Waals surface area contributed by atoms with Crippen LogP contribution in [-0.2, 0) is 16.6 Å². The maximum Gasteiger partial charge on any atom is 0.246 e. The molecule has 1 aromatic carbocycles. The van der Waals surface area contributed by atoms with Gasteiger partial charge in [0.2, 0.25) is 5.91 Å². The average Bonchev–Trinajstić information content (AvgIpc) is 3.33. The molecule has 1 amide bonds. The Labute approximate surface area is 194 Å².